The molecule has 0 amide bonds. The molecule has 0 saturated heterocycles. The molecule has 1 aromatic heterocycles. The van der Waals surface area contributed by atoms with Crippen LogP contribution in [0, 0.1) is 11.7 Å². The topological polar surface area (TPSA) is 28.2 Å². The highest BCUT2D eigenvalue weighted by molar-refractivity contribution is 5.11. The second kappa shape index (κ2) is 7.85. The number of nitrogens with one attached hydrogen (secondary N) is 1. The van der Waals surface area contributed by atoms with Crippen molar-refractivity contribution in [1.29, 1.82) is 0 Å². The molecule has 1 fully saturated rings. The fraction of sp³-hybridized carbons (Fsp3) is 0.706. The summed E-state index contributed by atoms with van der Waals surface area (Å²) in [5.41, 5.74) is 0.936. The smallest absolute Gasteiger partial charge is 0.141 e. The Labute approximate surface area is 127 Å². The molecule has 1 heterocycles. The van der Waals surface area contributed by atoms with Crippen molar-refractivity contribution >= 4 is 0 Å². The maximum Gasteiger partial charge on any atom is 0.141 e. The first-order valence-electron chi connectivity index (χ1n) is 8.17. The number of aromatic nitrogens is 1. The van der Waals surface area contributed by atoms with Crippen LogP contribution in [0.1, 0.15) is 51.3 Å². The van der Waals surface area contributed by atoms with E-state index in [4.69, 9.17) is 0 Å². The lowest BCUT2D eigenvalue weighted by Crippen LogP contribution is -2.38. The third-order valence-corrected chi connectivity index (χ3v) is 4.59. The molecule has 1 saturated carbocycles. The van der Waals surface area contributed by atoms with Crippen LogP contribution < -0.4 is 5.32 Å². The maximum atomic E-state index is 13.1. The van der Waals surface area contributed by atoms with Crippen LogP contribution in [0.5, 0.6) is 0 Å². The summed E-state index contributed by atoms with van der Waals surface area (Å²) in [4.78, 5) is 6.76. The molecule has 1 aliphatic carbocycles. The van der Waals surface area contributed by atoms with Crippen LogP contribution in [-0.2, 0) is 0 Å². The van der Waals surface area contributed by atoms with Gasteiger partial charge in [-0.2, -0.15) is 0 Å². The van der Waals surface area contributed by atoms with E-state index in [2.05, 4.69) is 36.1 Å². The molecule has 0 spiro atoms. The predicted molar refractivity (Wildman–Crippen MR) is 84.7 cm³/mol. The summed E-state index contributed by atoms with van der Waals surface area (Å²) >= 11 is 0. The van der Waals surface area contributed by atoms with Gasteiger partial charge >= 0.3 is 0 Å². The average Bonchev–Trinajstić information content (AvgIpc) is 3.00. The van der Waals surface area contributed by atoms with Crippen LogP contribution in [0.25, 0.3) is 0 Å². The lowest BCUT2D eigenvalue weighted by atomic mass is 9.97. The lowest BCUT2D eigenvalue weighted by molar-refractivity contribution is 0.191. The van der Waals surface area contributed by atoms with E-state index >= 15 is 0 Å². The van der Waals surface area contributed by atoms with Crippen LogP contribution in [-0.4, -0.2) is 36.1 Å². The number of hydrogen-bond donors (Lipinski definition) is 1. The zero-order chi connectivity index (χ0) is 15.2. The molecule has 118 valence electrons. The molecular weight excluding hydrogens is 265 g/mol. The largest absolute Gasteiger partial charge is 0.309 e. The third kappa shape index (κ3) is 4.48. The quantitative estimate of drug-likeness (QED) is 0.835. The Balaban J connectivity index is 2.00. The predicted octanol–water partition coefficient (Wildman–Crippen LogP) is 3.38. The van der Waals surface area contributed by atoms with Crippen molar-refractivity contribution in [3.63, 3.8) is 0 Å². The maximum absolute atomic E-state index is 13.1. The van der Waals surface area contributed by atoms with Crippen LogP contribution in [0.2, 0.25) is 0 Å². The highest BCUT2D eigenvalue weighted by Gasteiger charge is 2.25. The zero-order valence-corrected chi connectivity index (χ0v) is 13.5. The Bertz CT molecular complexity index is 415. The summed E-state index contributed by atoms with van der Waals surface area (Å²) in [6.07, 6.45) is 6.68. The molecule has 2 rings (SSSR count). The standard InChI is InChI=1S/C17H28FN3/c1-4-19-17(16-10-9-14(18)11-20-16)13(2)12-21(3)15-7-5-6-8-15/h9-11,13,15,17,19H,4-8,12H2,1-3H3. The van der Waals surface area contributed by atoms with Crippen molar-refractivity contribution in [2.24, 2.45) is 5.92 Å². The van der Waals surface area contributed by atoms with Gasteiger partial charge in [0.05, 0.1) is 17.9 Å². The number of halogens is 1. The minimum atomic E-state index is -0.273. The van der Waals surface area contributed by atoms with E-state index < -0.39 is 0 Å². The van der Waals surface area contributed by atoms with E-state index in [1.165, 1.54) is 37.9 Å². The molecule has 1 aliphatic rings. The fourth-order valence-electron chi connectivity index (χ4n) is 3.44. The van der Waals surface area contributed by atoms with Crippen LogP contribution >= 0.6 is 0 Å². The van der Waals surface area contributed by atoms with Gasteiger partial charge in [-0.1, -0.05) is 26.7 Å². The van der Waals surface area contributed by atoms with Crippen LogP contribution in [0.3, 0.4) is 0 Å². The van der Waals surface area contributed by atoms with Crippen molar-refractivity contribution in [3.8, 4) is 0 Å². The summed E-state index contributed by atoms with van der Waals surface area (Å²) in [6, 6.07) is 4.21. The molecule has 0 bridgehead atoms. The highest BCUT2D eigenvalue weighted by atomic mass is 19.1. The Hall–Kier alpha value is -1.00. The first-order valence-corrected chi connectivity index (χ1v) is 8.17. The minimum absolute atomic E-state index is 0.180. The highest BCUT2D eigenvalue weighted by Crippen LogP contribution is 2.26. The minimum Gasteiger partial charge on any atom is -0.309 e. The molecule has 1 N–H and O–H groups in total. The lowest BCUT2D eigenvalue weighted by Gasteiger charge is -2.31. The SMILES string of the molecule is CCNC(c1ccc(F)cn1)C(C)CN(C)C1CCCC1. The number of hydrogen-bond acceptors (Lipinski definition) is 3. The summed E-state index contributed by atoms with van der Waals surface area (Å²) in [5.74, 6) is 0.165. The molecular formula is C17H28FN3. The Kier molecular flexibility index (Phi) is 6.12. The van der Waals surface area contributed by atoms with Crippen molar-refractivity contribution in [2.45, 2.75) is 51.6 Å². The van der Waals surface area contributed by atoms with Crippen molar-refractivity contribution in [2.75, 3.05) is 20.1 Å². The van der Waals surface area contributed by atoms with Gasteiger partial charge in [0.1, 0.15) is 5.82 Å². The van der Waals surface area contributed by atoms with Gasteiger partial charge in [0.15, 0.2) is 0 Å². The number of rotatable bonds is 7. The number of pyridine rings is 1. The number of nitrogens with zero attached hydrogens (tertiary/aromatic N) is 2. The van der Waals surface area contributed by atoms with E-state index in [-0.39, 0.29) is 11.9 Å². The van der Waals surface area contributed by atoms with Gasteiger partial charge in [0.2, 0.25) is 0 Å². The fourth-order valence-corrected chi connectivity index (χ4v) is 3.44. The van der Waals surface area contributed by atoms with E-state index in [1.54, 1.807) is 6.07 Å². The molecule has 2 unspecified atom stereocenters. The zero-order valence-electron chi connectivity index (χ0n) is 13.5. The molecule has 0 aliphatic heterocycles. The van der Waals surface area contributed by atoms with E-state index in [1.807, 2.05) is 0 Å². The first-order chi connectivity index (χ1) is 10.1. The van der Waals surface area contributed by atoms with Crippen LogP contribution in [0.15, 0.2) is 18.3 Å². The summed E-state index contributed by atoms with van der Waals surface area (Å²) in [5, 5.41) is 3.50. The van der Waals surface area contributed by atoms with Crippen molar-refractivity contribution < 1.29 is 4.39 Å². The normalized spacial score (nSPS) is 19.1. The second-order valence-corrected chi connectivity index (χ2v) is 6.29. The molecule has 0 aromatic carbocycles. The van der Waals surface area contributed by atoms with E-state index in [9.17, 15) is 4.39 Å². The van der Waals surface area contributed by atoms with Gasteiger partial charge in [-0.15, -0.1) is 0 Å². The second-order valence-electron chi connectivity index (χ2n) is 6.29. The molecule has 2 atom stereocenters. The Morgan fingerprint density at radius 2 is 2.10 bits per heavy atom. The van der Waals surface area contributed by atoms with Crippen molar-refractivity contribution in [1.82, 2.24) is 15.2 Å². The van der Waals surface area contributed by atoms with Crippen molar-refractivity contribution in [3.05, 3.63) is 29.8 Å². The monoisotopic (exact) mass is 293 g/mol. The Morgan fingerprint density at radius 1 is 1.38 bits per heavy atom. The Morgan fingerprint density at radius 3 is 2.67 bits per heavy atom. The molecule has 3 nitrogen and oxygen atoms in total. The summed E-state index contributed by atoms with van der Waals surface area (Å²) < 4.78 is 13.1. The summed E-state index contributed by atoms with van der Waals surface area (Å²) in [6.45, 7) is 6.29. The molecule has 0 radical (unpaired) electrons. The first kappa shape index (κ1) is 16.4. The van der Waals surface area contributed by atoms with E-state index in [0.29, 0.717) is 5.92 Å². The van der Waals surface area contributed by atoms with Gasteiger partial charge in [-0.05, 0) is 44.5 Å². The average molecular weight is 293 g/mol. The van der Waals surface area contributed by atoms with Gasteiger partial charge in [-0.25, -0.2) is 4.39 Å². The summed E-state index contributed by atoms with van der Waals surface area (Å²) in [7, 11) is 2.23. The van der Waals surface area contributed by atoms with Gasteiger partial charge in [-0.3, -0.25) is 4.98 Å². The van der Waals surface area contributed by atoms with Crippen LogP contribution in [0.4, 0.5) is 4.39 Å². The van der Waals surface area contributed by atoms with E-state index in [0.717, 1.165) is 24.8 Å². The van der Waals surface area contributed by atoms with Gasteiger partial charge in [0.25, 0.3) is 0 Å². The molecule has 1 aromatic rings. The third-order valence-electron chi connectivity index (χ3n) is 4.59. The van der Waals surface area contributed by atoms with Gasteiger partial charge in [0, 0.05) is 12.6 Å². The van der Waals surface area contributed by atoms with Gasteiger partial charge < -0.3 is 10.2 Å². The molecule has 4 heteroatoms. The molecule has 21 heavy (non-hydrogen) atoms.